The number of nitrogens with two attached hydrogens (primary N) is 1. The fourth-order valence-electron chi connectivity index (χ4n) is 3.72. The summed E-state index contributed by atoms with van der Waals surface area (Å²) in [7, 11) is -1.96. The standard InChI is InChI=1S/C26H33N6O8P/c1-17(2)24(33)39-22(13-19-11-12-21-23(28)29-16-30-32(19)21)26(14-27,37-5)15-38-41(35,31-18(3)25(34)36-4)40-20-9-7-6-8-10-20/h6-12,16-18,22H,13,15H2,1-5H3,(H,31,35)(H2,28,29,30)/t18-,22-,26+,41?/m0/s1. The molecule has 15 heteroatoms. The number of rotatable bonds is 14. The molecule has 3 N–H and O–H groups in total. The molecule has 3 aromatic rings. The largest absolute Gasteiger partial charge is 0.468 e. The van der Waals surface area contributed by atoms with Gasteiger partial charge in [-0.25, -0.2) is 14.1 Å². The number of esters is 2. The monoisotopic (exact) mass is 588 g/mol. The van der Waals surface area contributed by atoms with Crippen LogP contribution < -0.4 is 15.3 Å². The molecule has 3 rings (SSSR count). The maximum absolute atomic E-state index is 13.9. The summed E-state index contributed by atoms with van der Waals surface area (Å²) in [5.41, 5.74) is 4.99. The van der Waals surface area contributed by atoms with Crippen LogP contribution in [0, 0.1) is 17.2 Å². The molecule has 0 saturated heterocycles. The zero-order chi connectivity index (χ0) is 30.2. The van der Waals surface area contributed by atoms with Gasteiger partial charge in [0.15, 0.2) is 11.9 Å². The summed E-state index contributed by atoms with van der Waals surface area (Å²) in [6.07, 6.45) is -0.0719. The van der Waals surface area contributed by atoms with E-state index < -0.39 is 50.0 Å². The Morgan fingerprint density at radius 2 is 1.85 bits per heavy atom. The lowest BCUT2D eigenvalue weighted by atomic mass is 9.94. The van der Waals surface area contributed by atoms with E-state index in [4.69, 9.17) is 29.0 Å². The van der Waals surface area contributed by atoms with E-state index in [0.717, 1.165) is 0 Å². The van der Waals surface area contributed by atoms with Crippen LogP contribution >= 0.6 is 7.75 Å². The van der Waals surface area contributed by atoms with E-state index in [1.165, 1.54) is 44.1 Å². The quantitative estimate of drug-likeness (QED) is 0.207. The van der Waals surface area contributed by atoms with Crippen molar-refractivity contribution in [1.82, 2.24) is 19.7 Å². The zero-order valence-corrected chi connectivity index (χ0v) is 24.2. The van der Waals surface area contributed by atoms with Crippen LogP contribution in [0.5, 0.6) is 5.75 Å². The third kappa shape index (κ3) is 7.59. The van der Waals surface area contributed by atoms with Crippen LogP contribution in [-0.2, 0) is 39.3 Å². The molecule has 220 valence electrons. The maximum Gasteiger partial charge on any atom is 0.459 e. The van der Waals surface area contributed by atoms with Crippen molar-refractivity contribution >= 4 is 31.0 Å². The molecule has 0 spiro atoms. The van der Waals surface area contributed by atoms with Gasteiger partial charge in [0, 0.05) is 19.2 Å². The van der Waals surface area contributed by atoms with E-state index >= 15 is 0 Å². The van der Waals surface area contributed by atoms with Crippen LogP contribution in [0.2, 0.25) is 0 Å². The summed E-state index contributed by atoms with van der Waals surface area (Å²) >= 11 is 0. The van der Waals surface area contributed by atoms with Crippen molar-refractivity contribution in [1.29, 1.82) is 5.26 Å². The number of ether oxygens (including phenoxy) is 3. The Hall–Kier alpha value is -4.02. The number of nitrogens with zero attached hydrogens (tertiary/aromatic N) is 4. The highest BCUT2D eigenvalue weighted by Crippen LogP contribution is 2.46. The molecule has 0 fully saturated rings. The number of fused-ring (bicyclic) bond motifs is 1. The molecule has 0 aliphatic carbocycles. The molecule has 2 heterocycles. The Kier molecular flexibility index (Phi) is 10.4. The Morgan fingerprint density at radius 3 is 2.46 bits per heavy atom. The minimum Gasteiger partial charge on any atom is -0.468 e. The SMILES string of the molecule is COC(=O)[C@H](C)NP(=O)(OC[C@@](C#N)(OC)[C@H](Cc1ccc2c(N)ncnn12)OC(=O)C(C)C)Oc1ccccc1. The second-order valence-corrected chi connectivity index (χ2v) is 11.0. The molecule has 41 heavy (non-hydrogen) atoms. The number of para-hydroxylation sites is 1. The van der Waals surface area contributed by atoms with E-state index in [2.05, 4.69) is 15.2 Å². The molecule has 0 amide bonds. The first-order valence-electron chi connectivity index (χ1n) is 12.6. The van der Waals surface area contributed by atoms with E-state index in [0.29, 0.717) is 11.2 Å². The highest BCUT2D eigenvalue weighted by atomic mass is 31.2. The topological polar surface area (TPSA) is 189 Å². The fourth-order valence-corrected chi connectivity index (χ4v) is 5.24. The van der Waals surface area contributed by atoms with Gasteiger partial charge in [0.1, 0.15) is 36.3 Å². The molecule has 0 aliphatic heterocycles. The smallest absolute Gasteiger partial charge is 0.459 e. The normalized spacial score (nSPS) is 15.7. The minimum absolute atomic E-state index is 0.0658. The first kappa shape index (κ1) is 31.5. The van der Waals surface area contributed by atoms with Crippen LogP contribution in [0.15, 0.2) is 48.8 Å². The molecule has 1 aromatic carbocycles. The molecular formula is C26H33N6O8P. The number of benzene rings is 1. The second-order valence-electron chi connectivity index (χ2n) is 9.31. The number of hydrogen-bond donors (Lipinski definition) is 2. The van der Waals surface area contributed by atoms with Gasteiger partial charge in [0.05, 0.1) is 13.0 Å². The number of nitrogens with one attached hydrogen (secondary N) is 1. The van der Waals surface area contributed by atoms with Crippen LogP contribution in [0.25, 0.3) is 5.52 Å². The van der Waals surface area contributed by atoms with Gasteiger partial charge in [-0.05, 0) is 31.2 Å². The van der Waals surface area contributed by atoms with Crippen molar-refractivity contribution in [2.45, 2.75) is 44.9 Å². The molecule has 0 radical (unpaired) electrons. The van der Waals surface area contributed by atoms with Gasteiger partial charge >= 0.3 is 19.7 Å². The summed E-state index contributed by atoms with van der Waals surface area (Å²) in [4.78, 5) is 28.8. The lowest BCUT2D eigenvalue weighted by molar-refractivity contribution is -0.169. The van der Waals surface area contributed by atoms with E-state index in [9.17, 15) is 19.4 Å². The summed E-state index contributed by atoms with van der Waals surface area (Å²) in [6, 6.07) is 12.4. The molecule has 0 bridgehead atoms. The second kappa shape index (κ2) is 13.6. The number of carbonyl (C=O) groups excluding carboxylic acids is 2. The highest BCUT2D eigenvalue weighted by molar-refractivity contribution is 7.52. The number of hydrogen-bond acceptors (Lipinski definition) is 12. The minimum atomic E-state index is -4.36. The van der Waals surface area contributed by atoms with Gasteiger partial charge in [-0.2, -0.15) is 15.4 Å². The fraction of sp³-hybridized carbons (Fsp3) is 0.423. The molecule has 0 saturated carbocycles. The Balaban J connectivity index is 1.98. The van der Waals surface area contributed by atoms with Gasteiger partial charge in [0.25, 0.3) is 0 Å². The highest BCUT2D eigenvalue weighted by Gasteiger charge is 2.47. The van der Waals surface area contributed by atoms with Crippen LogP contribution in [0.4, 0.5) is 5.82 Å². The molecule has 1 unspecified atom stereocenters. The van der Waals surface area contributed by atoms with Gasteiger partial charge in [-0.15, -0.1) is 0 Å². The summed E-state index contributed by atoms with van der Waals surface area (Å²) in [6.45, 7) is 3.98. The maximum atomic E-state index is 13.9. The van der Waals surface area contributed by atoms with E-state index in [1.54, 1.807) is 44.2 Å². The summed E-state index contributed by atoms with van der Waals surface area (Å²) < 4.78 is 42.8. The third-order valence-corrected chi connectivity index (χ3v) is 7.71. The van der Waals surface area contributed by atoms with Crippen LogP contribution in [-0.4, -0.2) is 65.1 Å². The number of aromatic nitrogens is 3. The zero-order valence-electron chi connectivity index (χ0n) is 23.3. The first-order valence-corrected chi connectivity index (χ1v) is 14.1. The van der Waals surface area contributed by atoms with E-state index in [-0.39, 0.29) is 18.0 Å². The predicted octanol–water partition coefficient (Wildman–Crippen LogP) is 2.69. The third-order valence-electron chi connectivity index (χ3n) is 6.08. The Morgan fingerprint density at radius 1 is 1.15 bits per heavy atom. The average Bonchev–Trinajstić information content (AvgIpc) is 3.37. The number of anilines is 1. The number of methoxy groups -OCH3 is 2. The van der Waals surface area contributed by atoms with Crippen molar-refractivity contribution in [3.63, 3.8) is 0 Å². The molecule has 4 atom stereocenters. The molecule has 2 aromatic heterocycles. The molecule has 14 nitrogen and oxygen atoms in total. The summed E-state index contributed by atoms with van der Waals surface area (Å²) in [5, 5.41) is 17.1. The van der Waals surface area contributed by atoms with Gasteiger partial charge < -0.3 is 24.5 Å². The number of nitriles is 1. The van der Waals surface area contributed by atoms with Crippen LogP contribution in [0.1, 0.15) is 26.5 Å². The average molecular weight is 589 g/mol. The number of carbonyl (C=O) groups is 2. The summed E-state index contributed by atoms with van der Waals surface area (Å²) in [5.74, 6) is -1.48. The van der Waals surface area contributed by atoms with E-state index in [1.807, 2.05) is 6.07 Å². The van der Waals surface area contributed by atoms with Crippen LogP contribution in [0.3, 0.4) is 0 Å². The first-order chi connectivity index (χ1) is 19.5. The molecular weight excluding hydrogens is 555 g/mol. The van der Waals surface area contributed by atoms with Gasteiger partial charge in [0.2, 0.25) is 5.60 Å². The van der Waals surface area contributed by atoms with Gasteiger partial charge in [-0.1, -0.05) is 32.0 Å². The lowest BCUT2D eigenvalue weighted by Gasteiger charge is -2.34. The molecule has 0 aliphatic rings. The lowest BCUT2D eigenvalue weighted by Crippen LogP contribution is -2.51. The van der Waals surface area contributed by atoms with Crippen molar-refractivity contribution in [3.8, 4) is 11.8 Å². The number of nitrogen functional groups attached to an aromatic ring is 1. The predicted molar refractivity (Wildman–Crippen MR) is 146 cm³/mol. The van der Waals surface area contributed by atoms with Crippen molar-refractivity contribution in [2.24, 2.45) is 5.92 Å². The van der Waals surface area contributed by atoms with Crippen molar-refractivity contribution in [3.05, 3.63) is 54.5 Å². The Bertz CT molecular complexity index is 1440. The van der Waals surface area contributed by atoms with Gasteiger partial charge in [-0.3, -0.25) is 14.1 Å². The van der Waals surface area contributed by atoms with Crippen molar-refractivity contribution < 1.29 is 37.4 Å². The van der Waals surface area contributed by atoms with Crippen molar-refractivity contribution in [2.75, 3.05) is 26.6 Å². The Labute approximate surface area is 237 Å².